The van der Waals surface area contributed by atoms with Gasteiger partial charge in [-0.3, -0.25) is 19.4 Å². The van der Waals surface area contributed by atoms with Gasteiger partial charge < -0.3 is 10.6 Å². The first kappa shape index (κ1) is 26.1. The highest BCUT2D eigenvalue weighted by Crippen LogP contribution is 2.34. The molecule has 2 N–H and O–H groups in total. The second kappa shape index (κ2) is 11.9. The smallest absolute Gasteiger partial charge is 0.259 e. The number of aliphatic imine (C=N–C) groups is 2. The number of amides is 3. The van der Waals surface area contributed by atoms with Crippen LogP contribution in [0.15, 0.2) is 58.5 Å². The van der Waals surface area contributed by atoms with Crippen LogP contribution in [0.4, 0.5) is 10.1 Å². The predicted molar refractivity (Wildman–Crippen MR) is 146 cm³/mol. The van der Waals surface area contributed by atoms with Crippen molar-refractivity contribution in [2.75, 3.05) is 5.75 Å². The maximum Gasteiger partial charge on any atom is 0.259 e. The molecule has 1 fully saturated rings. The Morgan fingerprint density at radius 3 is 2.58 bits per heavy atom. The Labute approximate surface area is 225 Å². The summed E-state index contributed by atoms with van der Waals surface area (Å²) in [5.74, 6) is -0.196. The van der Waals surface area contributed by atoms with Gasteiger partial charge in [0.05, 0.1) is 11.4 Å². The predicted octanol–water partition coefficient (Wildman–Crippen LogP) is 4.06. The number of benzene rings is 2. The van der Waals surface area contributed by atoms with Crippen molar-refractivity contribution in [3.05, 3.63) is 65.5 Å². The van der Waals surface area contributed by atoms with Crippen LogP contribution in [0.25, 0.3) is 0 Å². The zero-order chi connectivity index (χ0) is 26.5. The van der Waals surface area contributed by atoms with E-state index in [2.05, 4.69) is 20.6 Å². The third-order valence-corrected chi connectivity index (χ3v) is 7.84. The number of hydrogen-bond acceptors (Lipinski definition) is 6. The van der Waals surface area contributed by atoms with E-state index < -0.39 is 6.04 Å². The average molecular weight is 536 g/mol. The number of carbonyl (C=O) groups excluding carboxylic acids is 3. The van der Waals surface area contributed by atoms with Crippen LogP contribution in [0.5, 0.6) is 0 Å². The number of amidine groups is 2. The number of nitrogens with one attached hydrogen (secondary N) is 2. The summed E-state index contributed by atoms with van der Waals surface area (Å²) in [6.45, 7) is 0.280. The maximum atomic E-state index is 13.4. The Balaban J connectivity index is 1.21. The van der Waals surface area contributed by atoms with E-state index in [1.807, 2.05) is 24.3 Å². The molecule has 3 amide bonds. The number of halogens is 1. The van der Waals surface area contributed by atoms with Crippen LogP contribution in [0, 0.1) is 5.82 Å². The Morgan fingerprint density at radius 2 is 1.79 bits per heavy atom. The van der Waals surface area contributed by atoms with Gasteiger partial charge in [0.25, 0.3) is 5.91 Å². The third kappa shape index (κ3) is 6.12. The second-order valence-electron chi connectivity index (χ2n) is 9.69. The zero-order valence-corrected chi connectivity index (χ0v) is 21.8. The van der Waals surface area contributed by atoms with Crippen molar-refractivity contribution in [1.29, 1.82) is 0 Å². The molecule has 0 bridgehead atoms. The fourth-order valence-electron chi connectivity index (χ4n) is 4.89. The molecule has 0 spiro atoms. The van der Waals surface area contributed by atoms with E-state index in [9.17, 15) is 18.8 Å². The van der Waals surface area contributed by atoms with Crippen molar-refractivity contribution in [2.24, 2.45) is 9.98 Å². The monoisotopic (exact) mass is 535 g/mol. The van der Waals surface area contributed by atoms with Crippen LogP contribution >= 0.6 is 11.8 Å². The summed E-state index contributed by atoms with van der Waals surface area (Å²) < 4.78 is 13.1. The molecule has 0 aromatic heterocycles. The van der Waals surface area contributed by atoms with Crippen molar-refractivity contribution < 1.29 is 18.8 Å². The summed E-state index contributed by atoms with van der Waals surface area (Å²) in [6.07, 6.45) is 5.86. The maximum absolute atomic E-state index is 13.4. The van der Waals surface area contributed by atoms with Gasteiger partial charge in [-0.05, 0) is 49.1 Å². The largest absolute Gasteiger partial charge is 0.353 e. The molecule has 2 aromatic carbocycles. The molecule has 38 heavy (non-hydrogen) atoms. The molecule has 2 aromatic rings. The van der Waals surface area contributed by atoms with Crippen LogP contribution in [0.1, 0.15) is 56.1 Å². The van der Waals surface area contributed by atoms with E-state index in [1.54, 1.807) is 12.1 Å². The lowest BCUT2D eigenvalue weighted by Crippen LogP contribution is -2.42. The first-order valence-corrected chi connectivity index (χ1v) is 14.0. The first-order valence-electron chi connectivity index (χ1n) is 13.0. The van der Waals surface area contributed by atoms with Gasteiger partial charge in [-0.15, -0.1) is 0 Å². The quantitative estimate of drug-likeness (QED) is 0.532. The molecular formula is C28H30FN5O3S. The van der Waals surface area contributed by atoms with Gasteiger partial charge in [-0.25, -0.2) is 14.3 Å². The lowest BCUT2D eigenvalue weighted by Gasteiger charge is -2.26. The van der Waals surface area contributed by atoms with Crippen LogP contribution in [0.3, 0.4) is 0 Å². The summed E-state index contributed by atoms with van der Waals surface area (Å²) in [5.41, 5.74) is 2.24. The summed E-state index contributed by atoms with van der Waals surface area (Å²) in [4.78, 5) is 49.3. The molecule has 0 saturated heterocycles. The highest BCUT2D eigenvalue weighted by Gasteiger charge is 2.41. The van der Waals surface area contributed by atoms with Crippen molar-refractivity contribution in [2.45, 2.75) is 63.6 Å². The van der Waals surface area contributed by atoms with Crippen molar-refractivity contribution in [1.82, 2.24) is 15.5 Å². The molecule has 5 rings (SSSR count). The zero-order valence-electron chi connectivity index (χ0n) is 21.0. The third-order valence-electron chi connectivity index (χ3n) is 6.90. The summed E-state index contributed by atoms with van der Waals surface area (Å²) >= 11 is 1.23. The van der Waals surface area contributed by atoms with Gasteiger partial charge in [0.1, 0.15) is 17.7 Å². The van der Waals surface area contributed by atoms with Crippen LogP contribution < -0.4 is 10.6 Å². The SMILES string of the molecule is O=C(CC[C@@H]1N=C2c3ccccc3N=C(SCC(=O)NC3CCCCC3)N2C1=O)NCc1ccc(F)cc1. The number of para-hydroxylation sites is 1. The van der Waals surface area contributed by atoms with E-state index in [0.29, 0.717) is 16.7 Å². The summed E-state index contributed by atoms with van der Waals surface area (Å²) in [5, 5.41) is 6.33. The summed E-state index contributed by atoms with van der Waals surface area (Å²) in [7, 11) is 0. The number of hydrogen-bond donors (Lipinski definition) is 2. The van der Waals surface area contributed by atoms with Gasteiger partial charge >= 0.3 is 0 Å². The van der Waals surface area contributed by atoms with E-state index >= 15 is 0 Å². The van der Waals surface area contributed by atoms with E-state index in [0.717, 1.165) is 36.8 Å². The minimum Gasteiger partial charge on any atom is -0.353 e. The molecule has 8 nitrogen and oxygen atoms in total. The number of carbonyl (C=O) groups is 3. The molecule has 0 radical (unpaired) electrons. The minimum atomic E-state index is -0.713. The average Bonchev–Trinajstić information content (AvgIpc) is 3.27. The Bertz CT molecular complexity index is 1270. The molecule has 10 heteroatoms. The van der Waals surface area contributed by atoms with E-state index in [4.69, 9.17) is 0 Å². The molecule has 1 saturated carbocycles. The summed E-state index contributed by atoms with van der Waals surface area (Å²) in [6, 6.07) is 12.9. The van der Waals surface area contributed by atoms with Crippen LogP contribution in [0.2, 0.25) is 0 Å². The Kier molecular flexibility index (Phi) is 8.17. The number of thioether (sulfide) groups is 1. The molecule has 2 heterocycles. The lowest BCUT2D eigenvalue weighted by molar-refractivity contribution is -0.125. The Hall–Kier alpha value is -3.53. The highest BCUT2D eigenvalue weighted by atomic mass is 32.2. The highest BCUT2D eigenvalue weighted by molar-refractivity contribution is 8.14. The van der Waals surface area contributed by atoms with Crippen LogP contribution in [-0.4, -0.2) is 51.5 Å². The fourth-order valence-corrected chi connectivity index (χ4v) is 5.70. The normalized spacial score (nSPS) is 18.8. The van der Waals surface area contributed by atoms with Crippen LogP contribution in [-0.2, 0) is 20.9 Å². The molecule has 1 aliphatic carbocycles. The minimum absolute atomic E-state index is 0.0667. The number of rotatable bonds is 8. The second-order valence-corrected chi connectivity index (χ2v) is 10.6. The molecule has 2 aliphatic heterocycles. The van der Waals surface area contributed by atoms with Crippen molar-refractivity contribution in [3.63, 3.8) is 0 Å². The van der Waals surface area contributed by atoms with Crippen molar-refractivity contribution >= 4 is 46.2 Å². The van der Waals surface area contributed by atoms with E-state index in [-0.39, 0.29) is 54.7 Å². The molecule has 1 atom stereocenters. The lowest BCUT2D eigenvalue weighted by atomic mass is 9.95. The first-order chi connectivity index (χ1) is 18.5. The standard InChI is InChI=1S/C28H30FN5O3S/c29-19-12-10-18(11-13-19)16-30-24(35)15-14-23-27(37)34-26(32-23)21-8-4-5-9-22(21)33-28(34)38-17-25(36)31-20-6-2-1-3-7-20/h4-5,8-13,20,23H,1-3,6-7,14-17H2,(H,30,35)(H,31,36)/t23-/m0/s1. The van der Waals surface area contributed by atoms with E-state index in [1.165, 1.54) is 35.2 Å². The Morgan fingerprint density at radius 1 is 1.03 bits per heavy atom. The van der Waals surface area contributed by atoms with Gasteiger partial charge in [0.2, 0.25) is 11.8 Å². The van der Waals surface area contributed by atoms with Gasteiger partial charge in [0, 0.05) is 24.6 Å². The molecule has 3 aliphatic rings. The number of fused-ring (bicyclic) bond motifs is 3. The topological polar surface area (TPSA) is 103 Å². The fraction of sp³-hybridized carbons (Fsp3) is 0.393. The molecule has 198 valence electrons. The number of nitrogens with zero attached hydrogens (tertiary/aromatic N) is 3. The van der Waals surface area contributed by atoms with Gasteiger partial charge in [-0.1, -0.05) is 55.3 Å². The molecule has 0 unspecified atom stereocenters. The van der Waals surface area contributed by atoms with Gasteiger partial charge in [-0.2, -0.15) is 0 Å². The van der Waals surface area contributed by atoms with Gasteiger partial charge in [0.15, 0.2) is 5.17 Å². The molecular weight excluding hydrogens is 505 g/mol. The van der Waals surface area contributed by atoms with Crippen molar-refractivity contribution in [3.8, 4) is 0 Å².